The van der Waals surface area contributed by atoms with Gasteiger partial charge in [0.15, 0.2) is 0 Å². The molecule has 2 nitrogen and oxygen atoms in total. The first-order valence-corrected chi connectivity index (χ1v) is 6.31. The smallest absolute Gasteiger partial charge is 0.122 e. The lowest BCUT2D eigenvalue weighted by Crippen LogP contribution is -2.15. The van der Waals surface area contributed by atoms with Crippen molar-refractivity contribution in [1.82, 2.24) is 5.32 Å². The predicted molar refractivity (Wildman–Crippen MR) is 74.4 cm³/mol. The Hall–Kier alpha value is -1.88. The number of hydrogen-bond acceptors (Lipinski definition) is 2. The second kappa shape index (κ2) is 5.64. The average Bonchev–Trinajstić information content (AvgIpc) is 2.37. The standard InChI is InChI=1S/C16H19NO/c1-4-17-11-13(3)9-14-7-8-18-16-6-5-12(2)10-15(14)16/h1,5-6,10-11,14,17H,7-9H2,2-3H3/b13-11+. The van der Waals surface area contributed by atoms with Crippen molar-refractivity contribution in [3.05, 3.63) is 41.1 Å². The number of allylic oxidation sites excluding steroid dienone is 1. The lowest BCUT2D eigenvalue weighted by molar-refractivity contribution is 0.266. The number of nitrogens with one attached hydrogen (secondary N) is 1. The van der Waals surface area contributed by atoms with Crippen molar-refractivity contribution in [1.29, 1.82) is 0 Å². The summed E-state index contributed by atoms with van der Waals surface area (Å²) in [5.41, 5.74) is 3.88. The fourth-order valence-electron chi connectivity index (χ4n) is 2.41. The van der Waals surface area contributed by atoms with E-state index in [1.54, 1.807) is 0 Å². The van der Waals surface area contributed by atoms with E-state index >= 15 is 0 Å². The highest BCUT2D eigenvalue weighted by Gasteiger charge is 2.21. The Bertz CT molecular complexity index is 496. The third-order valence-corrected chi connectivity index (χ3v) is 3.30. The molecule has 0 aliphatic carbocycles. The van der Waals surface area contributed by atoms with Crippen LogP contribution in [0, 0.1) is 19.4 Å². The van der Waals surface area contributed by atoms with Crippen molar-refractivity contribution < 1.29 is 4.74 Å². The van der Waals surface area contributed by atoms with Gasteiger partial charge in [0.2, 0.25) is 0 Å². The zero-order valence-corrected chi connectivity index (χ0v) is 11.0. The van der Waals surface area contributed by atoms with Crippen LogP contribution in [0.4, 0.5) is 0 Å². The molecule has 0 bridgehead atoms. The lowest BCUT2D eigenvalue weighted by atomic mass is 9.87. The first kappa shape index (κ1) is 12.6. The highest BCUT2D eigenvalue weighted by Crippen LogP contribution is 2.37. The molecule has 0 amide bonds. The molecule has 1 atom stereocenters. The molecule has 94 valence electrons. The van der Waals surface area contributed by atoms with Crippen LogP contribution in [0.2, 0.25) is 0 Å². The minimum absolute atomic E-state index is 0.532. The van der Waals surface area contributed by atoms with Gasteiger partial charge in [0, 0.05) is 12.2 Å². The molecule has 1 heterocycles. The van der Waals surface area contributed by atoms with Crippen LogP contribution >= 0.6 is 0 Å². The van der Waals surface area contributed by atoms with Crippen LogP contribution < -0.4 is 10.1 Å². The average molecular weight is 241 g/mol. The Morgan fingerprint density at radius 3 is 3.22 bits per heavy atom. The van der Waals surface area contributed by atoms with Gasteiger partial charge in [0.1, 0.15) is 5.75 Å². The Labute approximate surface area is 109 Å². The number of terminal acetylenes is 1. The van der Waals surface area contributed by atoms with Crippen LogP contribution in [0.25, 0.3) is 0 Å². The van der Waals surface area contributed by atoms with Gasteiger partial charge in [-0.05, 0) is 44.2 Å². The molecule has 1 aromatic rings. The third-order valence-electron chi connectivity index (χ3n) is 3.30. The molecule has 1 N–H and O–H groups in total. The number of hydrogen-bond donors (Lipinski definition) is 1. The highest BCUT2D eigenvalue weighted by molar-refractivity contribution is 5.41. The lowest BCUT2D eigenvalue weighted by Gasteiger charge is -2.26. The summed E-state index contributed by atoms with van der Waals surface area (Å²) in [6, 6.07) is 8.83. The molecule has 1 unspecified atom stereocenters. The summed E-state index contributed by atoms with van der Waals surface area (Å²) in [7, 11) is 0. The van der Waals surface area contributed by atoms with E-state index < -0.39 is 0 Å². The van der Waals surface area contributed by atoms with E-state index in [1.807, 2.05) is 6.20 Å². The third kappa shape index (κ3) is 2.87. The van der Waals surface area contributed by atoms with Crippen molar-refractivity contribution >= 4 is 0 Å². The molecule has 0 fully saturated rings. The number of fused-ring (bicyclic) bond motifs is 1. The monoisotopic (exact) mass is 241 g/mol. The summed E-state index contributed by atoms with van der Waals surface area (Å²) in [4.78, 5) is 0. The molecule has 1 aliphatic rings. The van der Waals surface area contributed by atoms with Gasteiger partial charge in [-0.1, -0.05) is 29.7 Å². The molecule has 2 heteroatoms. The summed E-state index contributed by atoms with van der Waals surface area (Å²) in [6.07, 6.45) is 9.18. The van der Waals surface area contributed by atoms with E-state index in [1.165, 1.54) is 16.7 Å². The molecular formula is C16H19NO. The number of aryl methyl sites for hydroxylation is 1. The first-order chi connectivity index (χ1) is 8.70. The summed E-state index contributed by atoms with van der Waals surface area (Å²) in [6.45, 7) is 5.03. The van der Waals surface area contributed by atoms with E-state index in [0.29, 0.717) is 5.92 Å². The highest BCUT2D eigenvalue weighted by atomic mass is 16.5. The summed E-state index contributed by atoms with van der Waals surface area (Å²) in [5, 5.41) is 2.81. The molecule has 0 aromatic heterocycles. The SMILES string of the molecule is C#CN/C=C(\C)CC1CCOc2ccc(C)cc21. The molecule has 0 spiro atoms. The Kier molecular flexibility index (Phi) is 3.94. The largest absolute Gasteiger partial charge is 0.493 e. The van der Waals surface area contributed by atoms with Crippen LogP contribution in [-0.4, -0.2) is 6.61 Å². The molecule has 0 saturated carbocycles. The molecule has 1 aromatic carbocycles. The van der Waals surface area contributed by atoms with E-state index in [4.69, 9.17) is 11.2 Å². The first-order valence-electron chi connectivity index (χ1n) is 6.31. The Morgan fingerprint density at radius 2 is 2.44 bits per heavy atom. The Balaban J connectivity index is 2.17. The van der Waals surface area contributed by atoms with Gasteiger partial charge >= 0.3 is 0 Å². The Morgan fingerprint density at radius 1 is 1.61 bits per heavy atom. The van der Waals surface area contributed by atoms with Crippen molar-refractivity contribution in [2.24, 2.45) is 0 Å². The maximum Gasteiger partial charge on any atom is 0.122 e. The van der Waals surface area contributed by atoms with Gasteiger partial charge in [-0.3, -0.25) is 0 Å². The molecule has 0 radical (unpaired) electrons. The van der Waals surface area contributed by atoms with Gasteiger partial charge in [-0.2, -0.15) is 0 Å². The summed E-state index contributed by atoms with van der Waals surface area (Å²) in [5.74, 6) is 1.57. The molecule has 1 aliphatic heterocycles. The van der Waals surface area contributed by atoms with E-state index in [-0.39, 0.29) is 0 Å². The fraction of sp³-hybridized carbons (Fsp3) is 0.375. The quantitative estimate of drug-likeness (QED) is 0.647. The van der Waals surface area contributed by atoms with Gasteiger partial charge < -0.3 is 10.1 Å². The normalized spacial score (nSPS) is 18.5. The molecular weight excluding hydrogens is 222 g/mol. The van der Waals surface area contributed by atoms with Crippen molar-refractivity contribution in [3.8, 4) is 18.2 Å². The minimum atomic E-state index is 0.532. The number of rotatable bonds is 3. The van der Waals surface area contributed by atoms with Crippen molar-refractivity contribution in [2.75, 3.05) is 6.61 Å². The van der Waals surface area contributed by atoms with Crippen LogP contribution in [0.1, 0.15) is 36.8 Å². The van der Waals surface area contributed by atoms with Crippen LogP contribution in [0.15, 0.2) is 30.0 Å². The van der Waals surface area contributed by atoms with Gasteiger partial charge in [0.05, 0.1) is 6.61 Å². The van der Waals surface area contributed by atoms with Crippen LogP contribution in [0.5, 0.6) is 5.75 Å². The maximum atomic E-state index is 5.70. The minimum Gasteiger partial charge on any atom is -0.493 e. The van der Waals surface area contributed by atoms with Gasteiger partial charge in [-0.25, -0.2) is 0 Å². The van der Waals surface area contributed by atoms with Crippen molar-refractivity contribution in [2.45, 2.75) is 32.6 Å². The van der Waals surface area contributed by atoms with Gasteiger partial charge in [0.25, 0.3) is 0 Å². The zero-order valence-electron chi connectivity index (χ0n) is 11.0. The van der Waals surface area contributed by atoms with Crippen LogP contribution in [0.3, 0.4) is 0 Å². The van der Waals surface area contributed by atoms with Crippen molar-refractivity contribution in [3.63, 3.8) is 0 Å². The van der Waals surface area contributed by atoms with Crippen LogP contribution in [-0.2, 0) is 0 Å². The molecule has 18 heavy (non-hydrogen) atoms. The summed E-state index contributed by atoms with van der Waals surface area (Å²) >= 11 is 0. The second-order valence-corrected chi connectivity index (χ2v) is 4.86. The van der Waals surface area contributed by atoms with E-state index in [9.17, 15) is 0 Å². The zero-order chi connectivity index (χ0) is 13.0. The topological polar surface area (TPSA) is 21.3 Å². The predicted octanol–water partition coefficient (Wildman–Crippen LogP) is 3.34. The molecule has 0 saturated heterocycles. The van der Waals surface area contributed by atoms with E-state index in [2.05, 4.69) is 43.4 Å². The van der Waals surface area contributed by atoms with Gasteiger partial charge in [-0.15, -0.1) is 0 Å². The summed E-state index contributed by atoms with van der Waals surface area (Å²) < 4.78 is 5.70. The number of benzene rings is 1. The second-order valence-electron chi connectivity index (χ2n) is 4.86. The number of ether oxygens (including phenoxy) is 1. The molecule has 2 rings (SSSR count). The van der Waals surface area contributed by atoms with E-state index in [0.717, 1.165) is 25.2 Å². The maximum absolute atomic E-state index is 5.70. The fourth-order valence-corrected chi connectivity index (χ4v) is 2.41.